The fourth-order valence-corrected chi connectivity index (χ4v) is 1.55. The molecule has 0 aliphatic rings. The average Bonchev–Trinajstić information content (AvgIpc) is 1.64. The van der Waals surface area contributed by atoms with Crippen molar-refractivity contribution in [1.82, 2.24) is 0 Å². The molecule has 0 saturated carbocycles. The lowest BCUT2D eigenvalue weighted by Crippen LogP contribution is -2.12. The van der Waals surface area contributed by atoms with Gasteiger partial charge in [-0.2, -0.15) is 0 Å². The molecule has 0 heteroatoms. The zero-order valence-corrected chi connectivity index (χ0v) is 7.36. The summed E-state index contributed by atoms with van der Waals surface area (Å²) in [5, 5.41) is 0. The highest BCUT2D eigenvalue weighted by Gasteiger charge is 2.23. The van der Waals surface area contributed by atoms with Crippen LogP contribution in [0.2, 0.25) is 0 Å². The Morgan fingerprint density at radius 2 is 1.67 bits per heavy atom. The molecule has 1 atom stereocenters. The number of hydrogen-bond donors (Lipinski definition) is 0. The van der Waals surface area contributed by atoms with E-state index < -0.39 is 0 Å². The highest BCUT2D eigenvalue weighted by atomic mass is 14.2. The molecule has 0 amide bonds. The Labute approximate surface area is 59.7 Å². The summed E-state index contributed by atoms with van der Waals surface area (Å²) in [7, 11) is 0. The first-order chi connectivity index (χ1) is 4.09. The van der Waals surface area contributed by atoms with Crippen LogP contribution in [0.25, 0.3) is 0 Å². The van der Waals surface area contributed by atoms with Crippen molar-refractivity contribution < 1.29 is 0 Å². The Morgan fingerprint density at radius 1 is 1.22 bits per heavy atom. The summed E-state index contributed by atoms with van der Waals surface area (Å²) in [4.78, 5) is 0. The van der Waals surface area contributed by atoms with Gasteiger partial charge in [0.05, 0.1) is 19.8 Å². The smallest absolute Gasteiger partial charge is 0.0610 e. The van der Waals surface area contributed by atoms with Crippen LogP contribution in [0, 0.1) is 17.8 Å². The predicted molar refractivity (Wildman–Crippen MR) is 43.2 cm³/mol. The minimum Gasteiger partial charge on any atom is -0.0610 e. The van der Waals surface area contributed by atoms with Gasteiger partial charge < -0.3 is 0 Å². The molecule has 0 aromatic rings. The number of hydrogen-bond acceptors (Lipinski definition) is 0. The first-order valence-electron chi connectivity index (χ1n) is 3.89. The van der Waals surface area contributed by atoms with Gasteiger partial charge in [0.25, 0.3) is 0 Å². The molecule has 0 aliphatic heterocycles. The van der Waals surface area contributed by atoms with E-state index in [9.17, 15) is 0 Å². The van der Waals surface area contributed by atoms with E-state index in [4.69, 9.17) is 0 Å². The molecule has 0 aromatic heterocycles. The van der Waals surface area contributed by atoms with Crippen LogP contribution in [0.15, 0.2) is 0 Å². The van der Waals surface area contributed by atoms with E-state index in [1.165, 1.54) is 6.42 Å². The largest absolute Gasteiger partial charge is 0.102 e. The third kappa shape index (κ3) is 2.78. The summed E-state index contributed by atoms with van der Waals surface area (Å²) >= 11 is 0. The summed E-state index contributed by atoms with van der Waals surface area (Å²) in [6.07, 6.45) is 1.29. The van der Waals surface area contributed by atoms with E-state index in [-0.39, 0.29) is 0 Å². The standard InChI is InChI=1S/C9H19/c1-6-9(7(2)3)8(4)5/h7,9H,6H2,1-5H3/q+1. The predicted octanol–water partition coefficient (Wildman–Crippen LogP) is 3.28. The maximum Gasteiger partial charge on any atom is 0.102 e. The lowest BCUT2D eigenvalue weighted by Gasteiger charge is -2.13. The first kappa shape index (κ1) is 8.87. The van der Waals surface area contributed by atoms with Gasteiger partial charge in [-0.1, -0.05) is 20.8 Å². The van der Waals surface area contributed by atoms with Crippen molar-refractivity contribution in [2.24, 2.45) is 11.8 Å². The molecular formula is C9H19+. The molecule has 0 radical (unpaired) electrons. The van der Waals surface area contributed by atoms with Crippen molar-refractivity contribution in [3.63, 3.8) is 0 Å². The van der Waals surface area contributed by atoms with Crippen LogP contribution in [-0.2, 0) is 0 Å². The normalized spacial score (nSPS) is 14.0. The van der Waals surface area contributed by atoms with Crippen molar-refractivity contribution in [3.05, 3.63) is 5.92 Å². The fourth-order valence-electron chi connectivity index (χ4n) is 1.55. The second-order valence-electron chi connectivity index (χ2n) is 3.34. The Morgan fingerprint density at radius 3 is 1.67 bits per heavy atom. The maximum atomic E-state index is 2.29. The van der Waals surface area contributed by atoms with E-state index in [2.05, 4.69) is 34.6 Å². The third-order valence-electron chi connectivity index (χ3n) is 1.99. The fraction of sp³-hybridized carbons (Fsp3) is 0.889. The summed E-state index contributed by atoms with van der Waals surface area (Å²) < 4.78 is 0. The molecule has 0 saturated heterocycles. The Kier molecular flexibility index (Phi) is 3.76. The topological polar surface area (TPSA) is 0 Å². The maximum absolute atomic E-state index is 2.29. The quantitative estimate of drug-likeness (QED) is 0.510. The first-order valence-corrected chi connectivity index (χ1v) is 3.89. The Hall–Kier alpha value is -0.130. The highest BCUT2D eigenvalue weighted by molar-refractivity contribution is 4.87. The minimum absolute atomic E-state index is 0.819. The van der Waals surface area contributed by atoms with Gasteiger partial charge in [0.1, 0.15) is 5.92 Å². The van der Waals surface area contributed by atoms with Gasteiger partial charge in [-0.15, -0.1) is 0 Å². The Bertz CT molecular complexity index is 54.4. The molecule has 0 aliphatic carbocycles. The van der Waals surface area contributed by atoms with Crippen LogP contribution in [0.1, 0.15) is 41.0 Å². The van der Waals surface area contributed by atoms with Crippen molar-refractivity contribution in [2.45, 2.75) is 41.0 Å². The van der Waals surface area contributed by atoms with Gasteiger partial charge in [0.15, 0.2) is 0 Å². The molecule has 0 nitrogen and oxygen atoms in total. The zero-order valence-electron chi connectivity index (χ0n) is 7.36. The van der Waals surface area contributed by atoms with E-state index in [0.29, 0.717) is 0 Å². The van der Waals surface area contributed by atoms with Crippen LogP contribution in [0.5, 0.6) is 0 Å². The second kappa shape index (κ2) is 3.81. The van der Waals surface area contributed by atoms with Crippen LogP contribution in [-0.4, -0.2) is 0 Å². The molecule has 1 unspecified atom stereocenters. The summed E-state index contributed by atoms with van der Waals surface area (Å²) in [6.45, 7) is 11.3. The van der Waals surface area contributed by atoms with Crippen LogP contribution >= 0.6 is 0 Å². The van der Waals surface area contributed by atoms with E-state index in [0.717, 1.165) is 11.8 Å². The molecule has 54 valence electrons. The molecule has 0 bridgehead atoms. The molecular weight excluding hydrogens is 108 g/mol. The van der Waals surface area contributed by atoms with Gasteiger partial charge in [0.2, 0.25) is 0 Å². The van der Waals surface area contributed by atoms with E-state index in [1.54, 1.807) is 5.92 Å². The lowest BCUT2D eigenvalue weighted by molar-refractivity contribution is 0.390. The van der Waals surface area contributed by atoms with Gasteiger partial charge >= 0.3 is 0 Å². The van der Waals surface area contributed by atoms with Crippen LogP contribution in [0.4, 0.5) is 0 Å². The summed E-state index contributed by atoms with van der Waals surface area (Å²) in [5.41, 5.74) is 0. The monoisotopic (exact) mass is 127 g/mol. The van der Waals surface area contributed by atoms with Gasteiger partial charge in [-0.05, 0) is 12.3 Å². The van der Waals surface area contributed by atoms with Crippen LogP contribution in [0.3, 0.4) is 0 Å². The van der Waals surface area contributed by atoms with Gasteiger partial charge in [-0.3, -0.25) is 0 Å². The van der Waals surface area contributed by atoms with Gasteiger partial charge in [-0.25, -0.2) is 0 Å². The molecule has 0 aromatic carbocycles. The van der Waals surface area contributed by atoms with Crippen molar-refractivity contribution in [1.29, 1.82) is 0 Å². The molecule has 0 heterocycles. The molecule has 0 rings (SSSR count). The van der Waals surface area contributed by atoms with E-state index >= 15 is 0 Å². The number of rotatable bonds is 3. The highest BCUT2D eigenvalue weighted by Crippen LogP contribution is 2.24. The minimum atomic E-state index is 0.819. The van der Waals surface area contributed by atoms with Crippen molar-refractivity contribution >= 4 is 0 Å². The van der Waals surface area contributed by atoms with Crippen molar-refractivity contribution in [2.75, 3.05) is 0 Å². The van der Waals surface area contributed by atoms with Crippen LogP contribution < -0.4 is 0 Å². The molecule has 0 N–H and O–H groups in total. The molecule has 0 fully saturated rings. The summed E-state index contributed by atoms with van der Waals surface area (Å²) in [5.74, 6) is 3.23. The average molecular weight is 127 g/mol. The molecule has 9 heavy (non-hydrogen) atoms. The SMILES string of the molecule is CCC([C+](C)C)C(C)C. The third-order valence-corrected chi connectivity index (χ3v) is 1.99. The van der Waals surface area contributed by atoms with Gasteiger partial charge in [0, 0.05) is 0 Å². The molecule has 0 spiro atoms. The van der Waals surface area contributed by atoms with E-state index in [1.807, 2.05) is 0 Å². The van der Waals surface area contributed by atoms with Crippen molar-refractivity contribution in [3.8, 4) is 0 Å². The lowest BCUT2D eigenvalue weighted by atomic mass is 9.84. The zero-order chi connectivity index (χ0) is 7.44. The summed E-state index contributed by atoms with van der Waals surface area (Å²) in [6, 6.07) is 0. The second-order valence-corrected chi connectivity index (χ2v) is 3.34. The Balaban J connectivity index is 3.68.